The van der Waals surface area contributed by atoms with E-state index in [0.717, 1.165) is 50.3 Å². The second kappa shape index (κ2) is 8.54. The lowest BCUT2D eigenvalue weighted by Crippen LogP contribution is -2.46. The maximum atomic E-state index is 13.1. The third-order valence-corrected chi connectivity index (χ3v) is 6.76. The third kappa shape index (κ3) is 3.52. The van der Waals surface area contributed by atoms with Crippen molar-refractivity contribution in [3.8, 4) is 0 Å². The standard InChI is InChI=1S/C24H32N4O/c1-3-28(4-2)17-16-27-23(29)19-10-11-21-24(13-15-26-22(19)24)20(12-14-25-21)18-8-6-5-7-9-18/h5-9,11,15,20,25H,3-4,10,12-14,16-17H2,1-2H3,(H,27,29). The molecule has 2 atom stereocenters. The van der Waals surface area contributed by atoms with Gasteiger partial charge in [0, 0.05) is 43.0 Å². The molecule has 2 unspecified atom stereocenters. The number of carbonyl (C=O) groups is 1. The molecule has 0 bridgehead atoms. The van der Waals surface area contributed by atoms with E-state index in [2.05, 4.69) is 65.8 Å². The van der Waals surface area contributed by atoms with Gasteiger partial charge in [0.1, 0.15) is 0 Å². The zero-order valence-electron chi connectivity index (χ0n) is 17.6. The summed E-state index contributed by atoms with van der Waals surface area (Å²) in [5.74, 6) is 0.380. The molecule has 2 aliphatic heterocycles. The summed E-state index contributed by atoms with van der Waals surface area (Å²) in [6.45, 7) is 8.83. The molecule has 0 saturated carbocycles. The van der Waals surface area contributed by atoms with Crippen LogP contribution in [0.4, 0.5) is 0 Å². The molecule has 0 aromatic heterocycles. The van der Waals surface area contributed by atoms with Gasteiger partial charge in [-0.15, -0.1) is 0 Å². The Labute approximate surface area is 174 Å². The SMILES string of the molecule is CCN(CC)CCNC(=O)C1=C2N=CCC23C(=CC1)NCCC3c1ccccc1. The Morgan fingerprint density at radius 3 is 2.83 bits per heavy atom. The summed E-state index contributed by atoms with van der Waals surface area (Å²) >= 11 is 0. The van der Waals surface area contributed by atoms with Crippen LogP contribution in [0.3, 0.4) is 0 Å². The van der Waals surface area contributed by atoms with Gasteiger partial charge >= 0.3 is 0 Å². The van der Waals surface area contributed by atoms with Crippen LogP contribution in [0.25, 0.3) is 0 Å². The fourth-order valence-electron chi connectivity index (χ4n) is 5.19. The minimum atomic E-state index is -0.219. The molecule has 1 aromatic carbocycles. The fourth-order valence-corrected chi connectivity index (χ4v) is 5.19. The average molecular weight is 393 g/mol. The van der Waals surface area contributed by atoms with Crippen molar-refractivity contribution in [1.29, 1.82) is 0 Å². The lowest BCUT2D eigenvalue weighted by atomic mass is 9.61. The summed E-state index contributed by atoms with van der Waals surface area (Å²) in [6.07, 6.45) is 6.80. The molecule has 2 N–H and O–H groups in total. The third-order valence-electron chi connectivity index (χ3n) is 6.76. The first-order valence-electron chi connectivity index (χ1n) is 11.0. The van der Waals surface area contributed by atoms with Gasteiger partial charge in [-0.05, 0) is 37.9 Å². The van der Waals surface area contributed by atoms with Gasteiger partial charge < -0.3 is 15.5 Å². The quantitative estimate of drug-likeness (QED) is 0.749. The topological polar surface area (TPSA) is 56.7 Å². The first kappa shape index (κ1) is 19.9. The molecule has 1 aliphatic carbocycles. The molecule has 1 fully saturated rings. The molecular weight excluding hydrogens is 360 g/mol. The van der Waals surface area contributed by atoms with E-state index in [1.54, 1.807) is 0 Å². The van der Waals surface area contributed by atoms with E-state index in [1.807, 2.05) is 6.21 Å². The number of allylic oxidation sites excluding steroid dienone is 1. The number of carbonyl (C=O) groups excluding carboxylic acids is 1. The van der Waals surface area contributed by atoms with Crippen LogP contribution in [-0.4, -0.2) is 49.7 Å². The second-order valence-corrected chi connectivity index (χ2v) is 8.10. The number of aliphatic imine (C=N–C) groups is 1. The van der Waals surface area contributed by atoms with Crippen molar-refractivity contribution < 1.29 is 4.79 Å². The summed E-state index contributed by atoms with van der Waals surface area (Å²) in [4.78, 5) is 20.2. The van der Waals surface area contributed by atoms with E-state index in [0.29, 0.717) is 18.9 Å². The predicted molar refractivity (Wildman–Crippen MR) is 118 cm³/mol. The van der Waals surface area contributed by atoms with Crippen LogP contribution in [0.15, 0.2) is 58.4 Å². The van der Waals surface area contributed by atoms with Gasteiger partial charge in [0.15, 0.2) is 0 Å². The zero-order valence-corrected chi connectivity index (χ0v) is 17.6. The summed E-state index contributed by atoms with van der Waals surface area (Å²) in [5.41, 5.74) is 4.20. The number of benzene rings is 1. The van der Waals surface area contributed by atoms with Crippen molar-refractivity contribution in [2.45, 2.75) is 39.0 Å². The van der Waals surface area contributed by atoms with Gasteiger partial charge in [-0.25, -0.2) is 0 Å². The Morgan fingerprint density at radius 2 is 2.07 bits per heavy atom. The molecule has 5 nitrogen and oxygen atoms in total. The highest BCUT2D eigenvalue weighted by Crippen LogP contribution is 2.58. The molecule has 1 saturated heterocycles. The Hall–Kier alpha value is -2.40. The molecule has 4 rings (SSSR count). The molecule has 1 spiro atoms. The van der Waals surface area contributed by atoms with Gasteiger partial charge in [-0.1, -0.05) is 50.3 Å². The molecule has 1 amide bonds. The minimum Gasteiger partial charge on any atom is -0.388 e. The number of piperidine rings is 1. The first-order chi connectivity index (χ1) is 14.2. The van der Waals surface area contributed by atoms with Gasteiger partial charge in [0.2, 0.25) is 5.91 Å². The molecule has 1 aromatic rings. The van der Waals surface area contributed by atoms with E-state index in [-0.39, 0.29) is 11.3 Å². The van der Waals surface area contributed by atoms with Crippen LogP contribution in [0.5, 0.6) is 0 Å². The zero-order chi connectivity index (χ0) is 20.3. The van der Waals surface area contributed by atoms with Crippen LogP contribution in [0.2, 0.25) is 0 Å². The number of likely N-dealkylation sites (N-methyl/N-ethyl adjacent to an activating group) is 1. The molecule has 0 radical (unpaired) electrons. The lowest BCUT2D eigenvalue weighted by molar-refractivity contribution is -0.117. The number of nitrogens with one attached hydrogen (secondary N) is 2. The normalized spacial score (nSPS) is 25.3. The minimum absolute atomic E-state index is 0.0401. The number of amides is 1. The van der Waals surface area contributed by atoms with Gasteiger partial charge in [0.05, 0.1) is 11.1 Å². The van der Waals surface area contributed by atoms with E-state index in [1.165, 1.54) is 11.3 Å². The largest absolute Gasteiger partial charge is 0.388 e. The lowest BCUT2D eigenvalue weighted by Gasteiger charge is -2.47. The van der Waals surface area contributed by atoms with Crippen LogP contribution in [0.1, 0.15) is 44.6 Å². The highest BCUT2D eigenvalue weighted by Gasteiger charge is 2.52. The van der Waals surface area contributed by atoms with E-state index in [4.69, 9.17) is 4.99 Å². The highest BCUT2D eigenvalue weighted by atomic mass is 16.1. The van der Waals surface area contributed by atoms with Crippen molar-refractivity contribution in [2.24, 2.45) is 10.4 Å². The molecule has 3 aliphatic rings. The number of hydrogen-bond acceptors (Lipinski definition) is 4. The number of hydrogen-bond donors (Lipinski definition) is 2. The van der Waals surface area contributed by atoms with Crippen LogP contribution < -0.4 is 10.6 Å². The molecule has 2 heterocycles. The molecule has 5 heteroatoms. The number of nitrogens with zero attached hydrogens (tertiary/aromatic N) is 2. The molecular formula is C24H32N4O. The van der Waals surface area contributed by atoms with Gasteiger partial charge in [-0.2, -0.15) is 0 Å². The summed E-state index contributed by atoms with van der Waals surface area (Å²) < 4.78 is 0. The van der Waals surface area contributed by atoms with Crippen LogP contribution >= 0.6 is 0 Å². The van der Waals surface area contributed by atoms with Crippen LogP contribution in [0, 0.1) is 5.41 Å². The summed E-state index contributed by atoms with van der Waals surface area (Å²) in [7, 11) is 0. The van der Waals surface area contributed by atoms with Crippen molar-refractivity contribution in [3.05, 3.63) is 58.9 Å². The van der Waals surface area contributed by atoms with E-state index >= 15 is 0 Å². The highest BCUT2D eigenvalue weighted by molar-refractivity contribution is 5.96. The fraction of sp³-hybridized carbons (Fsp3) is 0.500. The molecule has 154 valence electrons. The Morgan fingerprint density at radius 1 is 1.28 bits per heavy atom. The molecule has 29 heavy (non-hydrogen) atoms. The van der Waals surface area contributed by atoms with Crippen molar-refractivity contribution in [1.82, 2.24) is 15.5 Å². The Kier molecular flexibility index (Phi) is 5.86. The van der Waals surface area contributed by atoms with Crippen LogP contribution in [-0.2, 0) is 4.79 Å². The monoisotopic (exact) mass is 392 g/mol. The number of rotatable bonds is 7. The Bertz CT molecular complexity index is 838. The summed E-state index contributed by atoms with van der Waals surface area (Å²) in [6, 6.07) is 10.7. The average Bonchev–Trinajstić information content (AvgIpc) is 3.20. The maximum absolute atomic E-state index is 13.1. The van der Waals surface area contributed by atoms with E-state index in [9.17, 15) is 4.79 Å². The van der Waals surface area contributed by atoms with Crippen molar-refractivity contribution in [3.63, 3.8) is 0 Å². The second-order valence-electron chi connectivity index (χ2n) is 8.10. The van der Waals surface area contributed by atoms with Crippen molar-refractivity contribution >= 4 is 12.1 Å². The predicted octanol–water partition coefficient (Wildman–Crippen LogP) is 3.22. The van der Waals surface area contributed by atoms with Gasteiger partial charge in [-0.3, -0.25) is 9.79 Å². The summed E-state index contributed by atoms with van der Waals surface area (Å²) in [5, 5.41) is 6.77. The maximum Gasteiger partial charge on any atom is 0.249 e. The van der Waals surface area contributed by atoms with E-state index < -0.39 is 0 Å². The Balaban J connectivity index is 1.61. The first-order valence-corrected chi connectivity index (χ1v) is 11.0. The van der Waals surface area contributed by atoms with Crippen molar-refractivity contribution in [2.75, 3.05) is 32.7 Å². The van der Waals surface area contributed by atoms with Gasteiger partial charge in [0.25, 0.3) is 0 Å². The smallest absolute Gasteiger partial charge is 0.249 e.